The van der Waals surface area contributed by atoms with E-state index in [-0.39, 0.29) is 24.5 Å². The molecule has 1 aromatic heterocycles. The maximum atomic E-state index is 13.0. The van der Waals surface area contributed by atoms with E-state index in [1.807, 2.05) is 58.4 Å². The highest BCUT2D eigenvalue weighted by molar-refractivity contribution is 7.89. The quantitative estimate of drug-likeness (QED) is 0.768. The molecule has 7 nitrogen and oxygen atoms in total. The summed E-state index contributed by atoms with van der Waals surface area (Å²) in [6.07, 6.45) is 1.61. The monoisotopic (exact) mass is 418 g/mol. The molecule has 8 heteroatoms. The number of rotatable bonds is 3. The highest BCUT2D eigenvalue weighted by Gasteiger charge is 2.32. The molecule has 1 aliphatic rings. The number of sulfonamides is 1. The lowest BCUT2D eigenvalue weighted by Crippen LogP contribution is -2.50. The molecule has 1 saturated heterocycles. The number of nitrogens with zero attached hydrogens (tertiary/aromatic N) is 4. The molecule has 0 N–H and O–H groups in total. The van der Waals surface area contributed by atoms with Gasteiger partial charge in [0.25, 0.3) is 5.91 Å². The van der Waals surface area contributed by atoms with Gasteiger partial charge in [-0.3, -0.25) is 9.48 Å². The van der Waals surface area contributed by atoms with Crippen LogP contribution >= 0.6 is 0 Å². The Bertz CT molecular complexity index is 1030. The van der Waals surface area contributed by atoms with Gasteiger partial charge in [0, 0.05) is 31.9 Å². The summed E-state index contributed by atoms with van der Waals surface area (Å²) >= 11 is 0. The van der Waals surface area contributed by atoms with Gasteiger partial charge in [-0.15, -0.1) is 0 Å². The number of hydrogen-bond acceptors (Lipinski definition) is 4. The summed E-state index contributed by atoms with van der Waals surface area (Å²) < 4.78 is 29.4. The first-order valence-electron chi connectivity index (χ1n) is 9.84. The zero-order valence-electron chi connectivity index (χ0n) is 18.1. The number of hydrogen-bond donors (Lipinski definition) is 0. The van der Waals surface area contributed by atoms with Crippen LogP contribution < -0.4 is 0 Å². The fourth-order valence-electron chi connectivity index (χ4n) is 3.83. The molecular weight excluding hydrogens is 388 g/mol. The van der Waals surface area contributed by atoms with E-state index in [1.54, 1.807) is 17.2 Å². The van der Waals surface area contributed by atoms with Gasteiger partial charge in [0.05, 0.1) is 22.2 Å². The number of carbonyl (C=O) groups is 1. The molecule has 0 atom stereocenters. The largest absolute Gasteiger partial charge is 0.336 e. The van der Waals surface area contributed by atoms with Gasteiger partial charge < -0.3 is 4.90 Å². The molecule has 2 heterocycles. The lowest BCUT2D eigenvalue weighted by molar-refractivity contribution is 0.0697. The summed E-state index contributed by atoms with van der Waals surface area (Å²) in [5, 5.41) is 4.38. The summed E-state index contributed by atoms with van der Waals surface area (Å²) in [6.45, 7) is 13.1. The Kier molecular flexibility index (Phi) is 5.62. The summed E-state index contributed by atoms with van der Waals surface area (Å²) in [5.41, 5.74) is 2.97. The molecule has 158 valence electrons. The van der Waals surface area contributed by atoms with Gasteiger partial charge in [-0.2, -0.15) is 9.40 Å². The van der Waals surface area contributed by atoms with E-state index in [0.29, 0.717) is 23.5 Å². The second kappa shape index (κ2) is 7.57. The van der Waals surface area contributed by atoms with Gasteiger partial charge in [0.1, 0.15) is 0 Å². The maximum Gasteiger partial charge on any atom is 0.257 e. The molecule has 0 radical (unpaired) electrons. The predicted octanol–water partition coefficient (Wildman–Crippen LogP) is 2.71. The van der Waals surface area contributed by atoms with Crippen LogP contribution in [0.15, 0.2) is 29.3 Å². The molecule has 1 amide bonds. The Labute approximate surface area is 173 Å². The van der Waals surface area contributed by atoms with Crippen LogP contribution in [0.1, 0.15) is 48.0 Å². The first kappa shape index (κ1) is 21.5. The fourth-order valence-corrected chi connectivity index (χ4v) is 5.45. The normalized spacial score (nSPS) is 16.3. The van der Waals surface area contributed by atoms with E-state index in [0.717, 1.165) is 16.8 Å². The summed E-state index contributed by atoms with van der Waals surface area (Å²) in [7, 11) is -3.57. The van der Waals surface area contributed by atoms with Gasteiger partial charge in [-0.1, -0.05) is 17.7 Å². The van der Waals surface area contributed by atoms with E-state index in [9.17, 15) is 13.2 Å². The zero-order chi connectivity index (χ0) is 21.6. The average molecular weight is 419 g/mol. The Morgan fingerprint density at radius 3 is 2.17 bits per heavy atom. The van der Waals surface area contributed by atoms with Crippen molar-refractivity contribution in [3.63, 3.8) is 0 Å². The zero-order valence-corrected chi connectivity index (χ0v) is 18.9. The first-order valence-corrected chi connectivity index (χ1v) is 11.3. The van der Waals surface area contributed by atoms with Crippen molar-refractivity contribution in [1.82, 2.24) is 19.0 Å². The Morgan fingerprint density at radius 1 is 1.03 bits per heavy atom. The third-order valence-electron chi connectivity index (χ3n) is 5.35. The number of amides is 1. The van der Waals surface area contributed by atoms with Crippen molar-refractivity contribution in [1.29, 1.82) is 0 Å². The summed E-state index contributed by atoms with van der Waals surface area (Å²) in [5.74, 6) is -0.0958. The number of aromatic nitrogens is 2. The van der Waals surface area contributed by atoms with E-state index in [2.05, 4.69) is 5.10 Å². The second-order valence-electron chi connectivity index (χ2n) is 8.69. The second-order valence-corrected chi connectivity index (χ2v) is 10.6. The molecule has 0 unspecified atom stereocenters. The predicted molar refractivity (Wildman–Crippen MR) is 113 cm³/mol. The Hall–Kier alpha value is -2.19. The minimum atomic E-state index is -3.57. The standard InChI is InChI=1S/C21H30N4O3S/c1-15-7-8-19(16(2)13-15)29(27,28)24-11-9-23(10-12-24)20(26)18-14-22-25(17(18)3)21(4,5)6/h7-8,13-14H,9-12H2,1-6H3. The number of piperazine rings is 1. The Balaban J connectivity index is 1.74. The molecule has 0 aliphatic carbocycles. The van der Waals surface area contributed by atoms with Crippen molar-refractivity contribution in [2.24, 2.45) is 0 Å². The van der Waals surface area contributed by atoms with Crippen LogP contribution in [-0.4, -0.2) is 59.5 Å². The molecular formula is C21H30N4O3S. The van der Waals surface area contributed by atoms with Gasteiger partial charge in [-0.05, 0) is 53.2 Å². The van der Waals surface area contributed by atoms with Crippen molar-refractivity contribution >= 4 is 15.9 Å². The fraction of sp³-hybridized carbons (Fsp3) is 0.524. The van der Waals surface area contributed by atoms with Crippen molar-refractivity contribution in [2.45, 2.75) is 52.0 Å². The Morgan fingerprint density at radius 2 is 1.66 bits per heavy atom. The number of carbonyl (C=O) groups excluding carboxylic acids is 1. The van der Waals surface area contributed by atoms with Crippen LogP contribution in [0.2, 0.25) is 0 Å². The van der Waals surface area contributed by atoms with Gasteiger partial charge in [-0.25, -0.2) is 8.42 Å². The molecule has 0 saturated carbocycles. The van der Waals surface area contributed by atoms with Crippen molar-refractivity contribution in [2.75, 3.05) is 26.2 Å². The highest BCUT2D eigenvalue weighted by Crippen LogP contribution is 2.24. The van der Waals surface area contributed by atoms with Crippen LogP contribution in [0, 0.1) is 20.8 Å². The molecule has 3 rings (SSSR count). The third-order valence-corrected chi connectivity index (χ3v) is 7.41. The third kappa shape index (κ3) is 4.09. The van der Waals surface area contributed by atoms with E-state index >= 15 is 0 Å². The highest BCUT2D eigenvalue weighted by atomic mass is 32.2. The number of aryl methyl sites for hydroxylation is 2. The lowest BCUT2D eigenvalue weighted by atomic mass is 10.1. The van der Waals surface area contributed by atoms with E-state index < -0.39 is 10.0 Å². The molecule has 0 bridgehead atoms. The van der Waals surface area contributed by atoms with Crippen LogP contribution in [0.25, 0.3) is 0 Å². The lowest BCUT2D eigenvalue weighted by Gasteiger charge is -2.34. The summed E-state index contributed by atoms with van der Waals surface area (Å²) in [4.78, 5) is 15.0. The number of benzene rings is 1. The van der Waals surface area contributed by atoms with Crippen molar-refractivity contribution in [3.05, 3.63) is 46.8 Å². The summed E-state index contributed by atoms with van der Waals surface area (Å²) in [6, 6.07) is 5.36. The SMILES string of the molecule is Cc1ccc(S(=O)(=O)N2CCN(C(=O)c3cnn(C(C)(C)C)c3C)CC2)c(C)c1. The van der Waals surface area contributed by atoms with Crippen LogP contribution in [0.4, 0.5) is 0 Å². The smallest absolute Gasteiger partial charge is 0.257 e. The van der Waals surface area contributed by atoms with E-state index in [1.165, 1.54) is 4.31 Å². The van der Waals surface area contributed by atoms with Crippen LogP contribution in [0.3, 0.4) is 0 Å². The van der Waals surface area contributed by atoms with Gasteiger partial charge in [0.15, 0.2) is 0 Å². The van der Waals surface area contributed by atoms with Gasteiger partial charge >= 0.3 is 0 Å². The molecule has 2 aromatic rings. The van der Waals surface area contributed by atoms with Crippen molar-refractivity contribution < 1.29 is 13.2 Å². The molecule has 1 fully saturated rings. The maximum absolute atomic E-state index is 13.0. The minimum Gasteiger partial charge on any atom is -0.336 e. The molecule has 0 spiro atoms. The van der Waals surface area contributed by atoms with Crippen LogP contribution in [0.5, 0.6) is 0 Å². The topological polar surface area (TPSA) is 75.5 Å². The average Bonchev–Trinajstić information content (AvgIpc) is 3.02. The van der Waals surface area contributed by atoms with E-state index in [4.69, 9.17) is 0 Å². The minimum absolute atomic E-state index is 0.0958. The first-order chi connectivity index (χ1) is 13.4. The molecule has 1 aliphatic heterocycles. The molecule has 1 aromatic carbocycles. The molecule has 29 heavy (non-hydrogen) atoms. The van der Waals surface area contributed by atoms with Gasteiger partial charge in [0.2, 0.25) is 10.0 Å². The van der Waals surface area contributed by atoms with Crippen molar-refractivity contribution in [3.8, 4) is 0 Å². The van der Waals surface area contributed by atoms with Crippen LogP contribution in [-0.2, 0) is 15.6 Å².